The van der Waals surface area contributed by atoms with Gasteiger partial charge in [0.1, 0.15) is 11.6 Å². The van der Waals surface area contributed by atoms with Gasteiger partial charge in [0.2, 0.25) is 0 Å². The third-order valence-corrected chi connectivity index (χ3v) is 2.92. The molecule has 1 aromatic heterocycles. The molecule has 2 rings (SSSR count). The van der Waals surface area contributed by atoms with Crippen molar-refractivity contribution in [1.29, 1.82) is 0 Å². The number of hydrogen-bond donors (Lipinski definition) is 0. The Morgan fingerprint density at radius 2 is 1.47 bits per heavy atom. The molecule has 17 heavy (non-hydrogen) atoms. The largest absolute Gasteiger partial charge is 0.206 e. The summed E-state index contributed by atoms with van der Waals surface area (Å²) in [6, 6.07) is 3.67. The lowest BCUT2D eigenvalue weighted by Gasteiger charge is -2.10. The molecule has 0 aliphatic rings. The number of benzene rings is 1. The van der Waals surface area contributed by atoms with Crippen molar-refractivity contribution in [2.75, 3.05) is 0 Å². The maximum atomic E-state index is 13.7. The smallest absolute Gasteiger partial charge is 0.134 e. The average Bonchev–Trinajstić information content (AvgIpc) is 2.28. The van der Waals surface area contributed by atoms with Gasteiger partial charge in [-0.1, -0.05) is 17.7 Å². The number of halogens is 3. The predicted octanol–water partition coefficient (Wildman–Crippen LogP) is 3.69. The number of aromatic nitrogens is 2. The van der Waals surface area contributed by atoms with Gasteiger partial charge < -0.3 is 0 Å². The van der Waals surface area contributed by atoms with Crippen molar-refractivity contribution < 1.29 is 8.78 Å². The molecule has 0 aliphatic heterocycles. The highest BCUT2D eigenvalue weighted by atomic mass is 35.5. The number of aryl methyl sites for hydroxylation is 2. The lowest BCUT2D eigenvalue weighted by molar-refractivity contribution is 0.589. The van der Waals surface area contributed by atoms with E-state index in [4.69, 9.17) is 11.6 Å². The Kier molecular flexibility index (Phi) is 3.07. The molecule has 1 aromatic carbocycles. The SMILES string of the molecule is Cc1nnc(C)c(-c2c(F)cccc2F)c1Cl. The Labute approximate surface area is 102 Å². The van der Waals surface area contributed by atoms with Crippen molar-refractivity contribution in [2.45, 2.75) is 13.8 Å². The fourth-order valence-corrected chi connectivity index (χ4v) is 1.88. The Morgan fingerprint density at radius 3 is 2.06 bits per heavy atom. The minimum Gasteiger partial charge on any atom is -0.206 e. The summed E-state index contributed by atoms with van der Waals surface area (Å²) >= 11 is 6.04. The molecule has 0 amide bonds. The molecule has 88 valence electrons. The molecule has 0 atom stereocenters. The zero-order valence-corrected chi connectivity index (χ0v) is 10.0. The van der Waals surface area contributed by atoms with E-state index in [1.807, 2.05) is 0 Å². The van der Waals surface area contributed by atoms with Crippen LogP contribution < -0.4 is 0 Å². The molecule has 0 saturated heterocycles. The van der Waals surface area contributed by atoms with Crippen LogP contribution in [-0.2, 0) is 0 Å². The second-order valence-electron chi connectivity index (χ2n) is 3.66. The zero-order chi connectivity index (χ0) is 12.6. The lowest BCUT2D eigenvalue weighted by atomic mass is 10.0. The van der Waals surface area contributed by atoms with E-state index in [9.17, 15) is 8.78 Å². The topological polar surface area (TPSA) is 25.8 Å². The summed E-state index contributed by atoms with van der Waals surface area (Å²) in [6.07, 6.45) is 0. The van der Waals surface area contributed by atoms with E-state index in [0.29, 0.717) is 11.4 Å². The van der Waals surface area contributed by atoms with Crippen molar-refractivity contribution in [3.05, 3.63) is 46.2 Å². The van der Waals surface area contributed by atoms with Crippen LogP contribution in [0.1, 0.15) is 11.4 Å². The number of nitrogens with zero attached hydrogens (tertiary/aromatic N) is 2. The minimum absolute atomic E-state index is 0.159. The molecule has 5 heteroatoms. The van der Waals surface area contributed by atoms with E-state index in [1.54, 1.807) is 13.8 Å². The van der Waals surface area contributed by atoms with Gasteiger partial charge in [0.25, 0.3) is 0 Å². The van der Waals surface area contributed by atoms with Gasteiger partial charge >= 0.3 is 0 Å². The Morgan fingerprint density at radius 1 is 0.941 bits per heavy atom. The highest BCUT2D eigenvalue weighted by Gasteiger charge is 2.18. The van der Waals surface area contributed by atoms with E-state index >= 15 is 0 Å². The highest BCUT2D eigenvalue weighted by Crippen LogP contribution is 2.34. The van der Waals surface area contributed by atoms with Crippen LogP contribution >= 0.6 is 11.6 Å². The van der Waals surface area contributed by atoms with E-state index in [0.717, 1.165) is 0 Å². The Balaban J connectivity index is 2.82. The minimum atomic E-state index is -0.664. The van der Waals surface area contributed by atoms with E-state index < -0.39 is 11.6 Å². The summed E-state index contributed by atoms with van der Waals surface area (Å²) in [4.78, 5) is 0. The fourth-order valence-electron chi connectivity index (χ4n) is 1.61. The first-order valence-corrected chi connectivity index (χ1v) is 5.34. The quantitative estimate of drug-likeness (QED) is 0.776. The zero-order valence-electron chi connectivity index (χ0n) is 9.26. The molecule has 0 unspecified atom stereocenters. The number of rotatable bonds is 1. The van der Waals surface area contributed by atoms with Crippen molar-refractivity contribution in [2.24, 2.45) is 0 Å². The third kappa shape index (κ3) is 2.00. The Hall–Kier alpha value is -1.55. The standard InChI is InChI=1S/C12H9ClF2N2/c1-6-10(12(13)7(2)17-16-6)11-8(14)4-3-5-9(11)15/h3-5H,1-2H3. The molecule has 2 nitrogen and oxygen atoms in total. The normalized spacial score (nSPS) is 10.6. The van der Waals surface area contributed by atoms with Crippen LogP contribution in [0.25, 0.3) is 11.1 Å². The lowest BCUT2D eigenvalue weighted by Crippen LogP contribution is -1.99. The maximum absolute atomic E-state index is 13.7. The van der Waals surface area contributed by atoms with E-state index in [1.165, 1.54) is 18.2 Å². The number of hydrogen-bond acceptors (Lipinski definition) is 2. The van der Waals surface area contributed by atoms with Crippen LogP contribution in [0.2, 0.25) is 5.02 Å². The summed E-state index contributed by atoms with van der Waals surface area (Å²) in [7, 11) is 0. The monoisotopic (exact) mass is 254 g/mol. The molecule has 0 aliphatic carbocycles. The van der Waals surface area contributed by atoms with E-state index in [2.05, 4.69) is 10.2 Å². The van der Waals surface area contributed by atoms with Gasteiger partial charge in [-0.05, 0) is 26.0 Å². The first-order valence-electron chi connectivity index (χ1n) is 4.96. The van der Waals surface area contributed by atoms with Crippen LogP contribution in [0, 0.1) is 25.5 Å². The molecule has 2 aromatic rings. The molecule has 0 spiro atoms. The molecule has 0 fully saturated rings. The van der Waals surface area contributed by atoms with Crippen molar-refractivity contribution in [3.63, 3.8) is 0 Å². The summed E-state index contributed by atoms with van der Waals surface area (Å²) < 4.78 is 27.4. The maximum Gasteiger partial charge on any atom is 0.134 e. The highest BCUT2D eigenvalue weighted by molar-refractivity contribution is 6.34. The molecule has 0 saturated carbocycles. The van der Waals surface area contributed by atoms with Gasteiger partial charge in [-0.2, -0.15) is 10.2 Å². The van der Waals surface area contributed by atoms with Crippen LogP contribution in [0.5, 0.6) is 0 Å². The summed E-state index contributed by atoms with van der Waals surface area (Å²) in [5.41, 5.74) is 0.933. The van der Waals surface area contributed by atoms with Crippen LogP contribution in [-0.4, -0.2) is 10.2 Å². The first kappa shape index (κ1) is 11.9. The summed E-state index contributed by atoms with van der Waals surface area (Å²) in [5.74, 6) is -1.33. The second kappa shape index (κ2) is 4.37. The van der Waals surface area contributed by atoms with Gasteiger partial charge in [-0.3, -0.25) is 0 Å². The predicted molar refractivity (Wildman–Crippen MR) is 61.9 cm³/mol. The second-order valence-corrected chi connectivity index (χ2v) is 4.03. The van der Waals surface area contributed by atoms with Gasteiger partial charge in [-0.25, -0.2) is 8.78 Å². The molecule has 0 bridgehead atoms. The molecular weight excluding hydrogens is 246 g/mol. The van der Waals surface area contributed by atoms with Gasteiger partial charge in [0.15, 0.2) is 0 Å². The molecule has 0 radical (unpaired) electrons. The van der Waals surface area contributed by atoms with Crippen molar-refractivity contribution in [3.8, 4) is 11.1 Å². The first-order chi connectivity index (χ1) is 8.02. The van der Waals surface area contributed by atoms with Crippen molar-refractivity contribution >= 4 is 11.6 Å². The van der Waals surface area contributed by atoms with Gasteiger partial charge in [0.05, 0.1) is 22.0 Å². The molecule has 0 N–H and O–H groups in total. The molecular formula is C12H9ClF2N2. The summed E-state index contributed by atoms with van der Waals surface area (Å²) in [5, 5.41) is 7.85. The van der Waals surface area contributed by atoms with Crippen molar-refractivity contribution in [1.82, 2.24) is 10.2 Å². The van der Waals surface area contributed by atoms with Crippen LogP contribution in [0.4, 0.5) is 8.78 Å². The van der Waals surface area contributed by atoms with Gasteiger partial charge in [-0.15, -0.1) is 0 Å². The van der Waals surface area contributed by atoms with Gasteiger partial charge in [0, 0.05) is 5.56 Å². The third-order valence-electron chi connectivity index (χ3n) is 2.46. The fraction of sp³-hybridized carbons (Fsp3) is 0.167. The average molecular weight is 255 g/mol. The summed E-state index contributed by atoms with van der Waals surface area (Å²) in [6.45, 7) is 3.25. The van der Waals surface area contributed by atoms with Crippen LogP contribution in [0.3, 0.4) is 0 Å². The van der Waals surface area contributed by atoms with E-state index in [-0.39, 0.29) is 16.1 Å². The molecule has 1 heterocycles. The van der Waals surface area contributed by atoms with Crippen LogP contribution in [0.15, 0.2) is 18.2 Å². The Bertz CT molecular complexity index is 565.